The summed E-state index contributed by atoms with van der Waals surface area (Å²) in [6, 6.07) is 7.60. The van der Waals surface area contributed by atoms with E-state index < -0.39 is 5.97 Å². The number of hydrogen-bond acceptors (Lipinski definition) is 5. The van der Waals surface area contributed by atoms with E-state index in [9.17, 15) is 15.0 Å². The highest BCUT2D eigenvalue weighted by Gasteiger charge is 2.30. The Hall–Kier alpha value is -1.21. The molecule has 0 saturated carbocycles. The number of carbonyl (C=O) groups is 1. The fourth-order valence-corrected chi connectivity index (χ4v) is 5.35. The molecule has 0 unspecified atom stereocenters. The normalized spacial score (nSPS) is 11.8. The summed E-state index contributed by atoms with van der Waals surface area (Å²) in [5, 5.41) is 29.7. The van der Waals surface area contributed by atoms with Crippen molar-refractivity contribution in [1.82, 2.24) is 0 Å². The summed E-state index contributed by atoms with van der Waals surface area (Å²) in [6.07, 6.45) is 3.67. The molecule has 2 aromatic heterocycles. The fourth-order valence-electron chi connectivity index (χ4n) is 3.12. The van der Waals surface area contributed by atoms with Crippen LogP contribution in [0.25, 0.3) is 0 Å². The largest absolute Gasteiger partial charge is 0.477 e. The molecule has 0 spiro atoms. The summed E-state index contributed by atoms with van der Waals surface area (Å²) in [7, 11) is 0. The molecular formula is C21H32O4S2. The van der Waals surface area contributed by atoms with Gasteiger partial charge in [-0.3, -0.25) is 0 Å². The average molecular weight is 413 g/mol. The van der Waals surface area contributed by atoms with Crippen molar-refractivity contribution >= 4 is 28.6 Å². The first kappa shape index (κ1) is 23.8. The molecule has 0 radical (unpaired) electrons. The Morgan fingerprint density at radius 1 is 0.889 bits per heavy atom. The second-order valence-corrected chi connectivity index (χ2v) is 8.77. The fraction of sp³-hybridized carbons (Fsp3) is 0.571. The van der Waals surface area contributed by atoms with Gasteiger partial charge < -0.3 is 15.3 Å². The molecule has 2 aromatic rings. The predicted octanol–water partition coefficient (Wildman–Crippen LogP) is 5.29. The molecule has 0 fully saturated rings. The van der Waals surface area contributed by atoms with Gasteiger partial charge in [0.05, 0.1) is 13.2 Å². The number of hydrogen-bond donors (Lipinski definition) is 3. The van der Waals surface area contributed by atoms with Crippen LogP contribution in [0.15, 0.2) is 29.6 Å². The van der Waals surface area contributed by atoms with Gasteiger partial charge in [0.2, 0.25) is 0 Å². The molecule has 0 saturated heterocycles. The lowest BCUT2D eigenvalue weighted by molar-refractivity contribution is 0.0702. The van der Waals surface area contributed by atoms with E-state index in [1.165, 1.54) is 16.2 Å². The number of aliphatic hydroxyl groups excluding tert-OH is 2. The number of aliphatic hydroxyl groups is 2. The van der Waals surface area contributed by atoms with Crippen LogP contribution in [0.3, 0.4) is 0 Å². The minimum atomic E-state index is -0.898. The first-order chi connectivity index (χ1) is 12.9. The van der Waals surface area contributed by atoms with Crippen molar-refractivity contribution in [2.75, 3.05) is 13.2 Å². The number of rotatable bonds is 9. The maximum absolute atomic E-state index is 10.8. The van der Waals surface area contributed by atoms with Gasteiger partial charge in [0, 0.05) is 20.6 Å². The third kappa shape index (κ3) is 5.41. The van der Waals surface area contributed by atoms with Crippen LogP contribution in [0.2, 0.25) is 0 Å². The van der Waals surface area contributed by atoms with Gasteiger partial charge in [0.25, 0.3) is 0 Å². The summed E-state index contributed by atoms with van der Waals surface area (Å²) < 4.78 is 0. The predicted molar refractivity (Wildman–Crippen MR) is 114 cm³/mol. The summed E-state index contributed by atoms with van der Waals surface area (Å²) >= 11 is 3.01. The van der Waals surface area contributed by atoms with Crippen LogP contribution in [0.1, 0.15) is 72.8 Å². The molecule has 27 heavy (non-hydrogen) atoms. The van der Waals surface area contributed by atoms with Gasteiger partial charge >= 0.3 is 5.97 Å². The number of carboxylic acid groups (broad SMARTS) is 1. The van der Waals surface area contributed by atoms with E-state index in [-0.39, 0.29) is 24.0 Å². The molecule has 0 aliphatic heterocycles. The molecule has 4 nitrogen and oxygen atoms in total. The molecule has 6 heteroatoms. The van der Waals surface area contributed by atoms with Gasteiger partial charge in [0.15, 0.2) is 0 Å². The molecule has 0 aliphatic rings. The summed E-state index contributed by atoms with van der Waals surface area (Å²) in [5.41, 5.74) is -0.244. The smallest absolute Gasteiger partial charge is 0.345 e. The molecular weight excluding hydrogens is 380 g/mol. The third-order valence-electron chi connectivity index (χ3n) is 5.70. The summed E-state index contributed by atoms with van der Waals surface area (Å²) in [5.74, 6) is -0.898. The Kier molecular flexibility index (Phi) is 9.67. The lowest BCUT2D eigenvalue weighted by Gasteiger charge is -2.27. The van der Waals surface area contributed by atoms with E-state index in [0.29, 0.717) is 4.88 Å². The van der Waals surface area contributed by atoms with Crippen molar-refractivity contribution in [3.63, 3.8) is 0 Å². The zero-order valence-corrected chi connectivity index (χ0v) is 18.3. The van der Waals surface area contributed by atoms with Crippen molar-refractivity contribution in [2.24, 2.45) is 0 Å². The Balaban J connectivity index is 0.000000277. The lowest BCUT2D eigenvalue weighted by atomic mass is 9.82. The topological polar surface area (TPSA) is 77.8 Å². The van der Waals surface area contributed by atoms with E-state index in [1.807, 2.05) is 19.9 Å². The van der Waals surface area contributed by atoms with Crippen LogP contribution >= 0.6 is 22.7 Å². The molecule has 3 N–H and O–H groups in total. The van der Waals surface area contributed by atoms with E-state index in [4.69, 9.17) is 5.11 Å². The zero-order valence-electron chi connectivity index (χ0n) is 16.7. The minimum Gasteiger partial charge on any atom is -0.477 e. The number of aromatic carboxylic acids is 1. The standard InChI is InChI=1S/C11H16O3S.C10H16OS/c1-3-11(4-2,7-12)9-6-5-8(15-9)10(13)14;1-3-10(4-2,8-11)9-6-5-7-12-9/h5-6,12H,3-4,7H2,1-2H3,(H,13,14);5-7,11H,3-4,8H2,1-2H3. The Labute approximate surface area is 170 Å². The molecule has 0 aliphatic carbocycles. The van der Waals surface area contributed by atoms with Crippen LogP contribution in [0, 0.1) is 0 Å². The summed E-state index contributed by atoms with van der Waals surface area (Å²) in [4.78, 5) is 13.4. The Bertz CT molecular complexity index is 652. The van der Waals surface area contributed by atoms with Gasteiger partial charge in [-0.05, 0) is 49.3 Å². The van der Waals surface area contributed by atoms with Gasteiger partial charge in [-0.1, -0.05) is 33.8 Å². The van der Waals surface area contributed by atoms with E-state index >= 15 is 0 Å². The van der Waals surface area contributed by atoms with Crippen LogP contribution in [-0.4, -0.2) is 34.5 Å². The van der Waals surface area contributed by atoms with Gasteiger partial charge in [-0.25, -0.2) is 4.79 Å². The zero-order chi connectivity index (χ0) is 20.5. The van der Waals surface area contributed by atoms with Crippen molar-refractivity contribution in [3.05, 3.63) is 44.3 Å². The molecule has 0 atom stereocenters. The first-order valence-corrected chi connectivity index (χ1v) is 11.2. The molecule has 152 valence electrons. The molecule has 2 heterocycles. The molecule has 0 bridgehead atoms. The second kappa shape index (κ2) is 11.0. The van der Waals surface area contributed by atoms with Crippen LogP contribution in [0.5, 0.6) is 0 Å². The van der Waals surface area contributed by atoms with Gasteiger partial charge in [-0.2, -0.15) is 0 Å². The average Bonchev–Trinajstić information content (AvgIpc) is 3.39. The Morgan fingerprint density at radius 2 is 1.41 bits per heavy atom. The molecule has 0 aromatic carbocycles. The van der Waals surface area contributed by atoms with E-state index in [2.05, 4.69) is 31.4 Å². The SMILES string of the molecule is CCC(CC)(CO)c1ccc(C(=O)O)s1.CCC(CC)(CO)c1cccs1. The third-order valence-corrected chi connectivity index (χ3v) is 8.13. The van der Waals surface area contributed by atoms with Gasteiger partial charge in [0.1, 0.15) is 4.88 Å². The quantitative estimate of drug-likeness (QED) is 0.522. The van der Waals surface area contributed by atoms with E-state index in [1.54, 1.807) is 17.4 Å². The lowest BCUT2D eigenvalue weighted by Crippen LogP contribution is -2.27. The van der Waals surface area contributed by atoms with Crippen LogP contribution < -0.4 is 0 Å². The van der Waals surface area contributed by atoms with Crippen molar-refractivity contribution in [2.45, 2.75) is 64.2 Å². The number of thiophene rings is 2. The highest BCUT2D eigenvalue weighted by Crippen LogP contribution is 2.36. The Morgan fingerprint density at radius 3 is 1.74 bits per heavy atom. The molecule has 2 rings (SSSR count). The highest BCUT2D eigenvalue weighted by atomic mass is 32.1. The minimum absolute atomic E-state index is 0.0220. The highest BCUT2D eigenvalue weighted by molar-refractivity contribution is 7.14. The van der Waals surface area contributed by atoms with Crippen molar-refractivity contribution < 1.29 is 20.1 Å². The summed E-state index contributed by atoms with van der Waals surface area (Å²) in [6.45, 7) is 8.64. The molecule has 0 amide bonds. The number of carboxylic acids is 1. The van der Waals surface area contributed by atoms with E-state index in [0.717, 1.165) is 30.6 Å². The van der Waals surface area contributed by atoms with Crippen molar-refractivity contribution in [3.8, 4) is 0 Å². The maximum atomic E-state index is 10.8. The second-order valence-electron chi connectivity index (χ2n) is 6.74. The van der Waals surface area contributed by atoms with Crippen LogP contribution in [0.4, 0.5) is 0 Å². The van der Waals surface area contributed by atoms with Gasteiger partial charge in [-0.15, -0.1) is 22.7 Å². The monoisotopic (exact) mass is 412 g/mol. The van der Waals surface area contributed by atoms with Crippen molar-refractivity contribution in [1.29, 1.82) is 0 Å². The first-order valence-electron chi connectivity index (χ1n) is 9.47. The maximum Gasteiger partial charge on any atom is 0.345 e. The van der Waals surface area contributed by atoms with Crippen LogP contribution in [-0.2, 0) is 10.8 Å².